The molecule has 0 radical (unpaired) electrons. The number of carbonyl (C=O) groups is 4. The minimum atomic E-state index is -0.924. The number of amides is 4. The van der Waals surface area contributed by atoms with Crippen LogP contribution < -0.4 is 35.7 Å². The zero-order valence-electron chi connectivity index (χ0n) is 29.3. The van der Waals surface area contributed by atoms with Crippen LogP contribution in [0.15, 0.2) is 65.7 Å². The quantitative estimate of drug-likeness (QED) is 0.290. The Morgan fingerprint density at radius 3 is 2.47 bits per heavy atom. The van der Waals surface area contributed by atoms with E-state index in [1.807, 2.05) is 13.8 Å². The van der Waals surface area contributed by atoms with E-state index in [1.165, 1.54) is 42.1 Å². The second-order valence-corrected chi connectivity index (χ2v) is 12.5. The number of nitrogens with zero attached hydrogens (tertiary/aromatic N) is 3. The van der Waals surface area contributed by atoms with Gasteiger partial charge < -0.3 is 39.6 Å². The van der Waals surface area contributed by atoms with Gasteiger partial charge in [0.1, 0.15) is 17.5 Å². The Kier molecular flexibility index (Phi) is 11.5. The van der Waals surface area contributed by atoms with Gasteiger partial charge in [0.25, 0.3) is 17.4 Å². The fourth-order valence-electron chi connectivity index (χ4n) is 5.75. The molecule has 1 aromatic heterocycles. The third-order valence-electron chi connectivity index (χ3n) is 8.59. The normalized spacial score (nSPS) is 16.3. The lowest BCUT2D eigenvalue weighted by Crippen LogP contribution is -2.52. The van der Waals surface area contributed by atoms with Crippen molar-refractivity contribution in [2.24, 2.45) is 13.0 Å². The van der Waals surface area contributed by atoms with Gasteiger partial charge in [-0.1, -0.05) is 19.9 Å². The third-order valence-corrected chi connectivity index (χ3v) is 8.59. The first-order chi connectivity index (χ1) is 24.5. The average molecular weight is 699 g/mol. The lowest BCUT2D eigenvalue weighted by atomic mass is 10.0. The highest BCUT2D eigenvalue weighted by molar-refractivity contribution is 6.00. The smallest absolute Gasteiger partial charge is 0.260 e. The Labute approximate surface area is 295 Å². The molecule has 0 saturated carbocycles. The van der Waals surface area contributed by atoms with Gasteiger partial charge in [-0.25, -0.2) is 4.98 Å². The van der Waals surface area contributed by atoms with E-state index < -0.39 is 23.8 Å². The van der Waals surface area contributed by atoms with E-state index in [1.54, 1.807) is 49.5 Å². The van der Waals surface area contributed by atoms with Crippen molar-refractivity contribution in [1.29, 1.82) is 0 Å². The molecular formula is C37H42N6O8. The van der Waals surface area contributed by atoms with Crippen molar-refractivity contribution in [2.45, 2.75) is 39.3 Å². The van der Waals surface area contributed by atoms with Crippen LogP contribution in [0.5, 0.6) is 23.0 Å². The van der Waals surface area contributed by atoms with E-state index >= 15 is 0 Å². The molecule has 0 aliphatic carbocycles. The maximum Gasteiger partial charge on any atom is 0.260 e. The highest BCUT2D eigenvalue weighted by Gasteiger charge is 2.27. The molecule has 1 aliphatic heterocycles. The van der Waals surface area contributed by atoms with Crippen LogP contribution in [0.2, 0.25) is 0 Å². The molecule has 1 aliphatic rings. The first-order valence-electron chi connectivity index (χ1n) is 16.6. The number of carbonyl (C=O) groups excluding carboxylic acids is 4. The SMILES string of the molecule is COc1ccc2cc1Oc1cccc(OC)c1CNC(=O)[C@@H](C(C)C)NC(=O)CN(C(=O)c1ccc3c(=O)n(C)cnc3c1)CCCCNC2=O. The fraction of sp³-hybridized carbons (Fsp3) is 0.351. The summed E-state index contributed by atoms with van der Waals surface area (Å²) >= 11 is 0. The number of nitrogens with one attached hydrogen (secondary N) is 3. The summed E-state index contributed by atoms with van der Waals surface area (Å²) in [4.78, 5) is 72.3. The molecule has 0 saturated heterocycles. The van der Waals surface area contributed by atoms with Crippen molar-refractivity contribution < 1.29 is 33.4 Å². The number of aromatic nitrogens is 2. The summed E-state index contributed by atoms with van der Waals surface area (Å²) in [6, 6.07) is 13.7. The summed E-state index contributed by atoms with van der Waals surface area (Å²) in [6.07, 6.45) is 2.33. The zero-order chi connectivity index (χ0) is 36.7. The molecule has 1 atom stereocenters. The van der Waals surface area contributed by atoms with Crippen molar-refractivity contribution in [3.05, 3.63) is 88.0 Å². The van der Waals surface area contributed by atoms with Crippen LogP contribution in [0.3, 0.4) is 0 Å². The van der Waals surface area contributed by atoms with Crippen LogP contribution in [-0.4, -0.2) is 78.0 Å². The molecule has 3 aromatic carbocycles. The van der Waals surface area contributed by atoms with Gasteiger partial charge >= 0.3 is 0 Å². The number of aryl methyl sites for hydroxylation is 1. The molecule has 2 heterocycles. The zero-order valence-corrected chi connectivity index (χ0v) is 29.3. The first-order valence-corrected chi connectivity index (χ1v) is 16.6. The van der Waals surface area contributed by atoms with Gasteiger partial charge in [-0.15, -0.1) is 0 Å². The largest absolute Gasteiger partial charge is 0.496 e. The Morgan fingerprint density at radius 2 is 1.73 bits per heavy atom. The van der Waals surface area contributed by atoms with E-state index in [-0.39, 0.29) is 48.3 Å². The summed E-state index contributed by atoms with van der Waals surface area (Å²) in [7, 11) is 4.58. The monoisotopic (exact) mass is 698 g/mol. The lowest BCUT2D eigenvalue weighted by Gasteiger charge is -2.26. The molecule has 0 fully saturated rings. The van der Waals surface area contributed by atoms with Crippen molar-refractivity contribution in [1.82, 2.24) is 30.4 Å². The van der Waals surface area contributed by atoms with E-state index in [0.29, 0.717) is 58.7 Å². The lowest BCUT2D eigenvalue weighted by molar-refractivity contribution is -0.130. The minimum Gasteiger partial charge on any atom is -0.496 e. The summed E-state index contributed by atoms with van der Waals surface area (Å²) in [5.41, 5.74) is 1.22. The molecule has 51 heavy (non-hydrogen) atoms. The molecule has 3 N–H and O–H groups in total. The second-order valence-electron chi connectivity index (χ2n) is 12.5. The van der Waals surface area contributed by atoms with E-state index in [4.69, 9.17) is 14.2 Å². The van der Waals surface area contributed by atoms with E-state index in [9.17, 15) is 24.0 Å². The van der Waals surface area contributed by atoms with Gasteiger partial charge in [0.05, 0.1) is 50.1 Å². The molecule has 0 unspecified atom stereocenters. The molecular weight excluding hydrogens is 656 g/mol. The second kappa shape index (κ2) is 16.2. The van der Waals surface area contributed by atoms with Gasteiger partial charge in [0.2, 0.25) is 11.8 Å². The fourth-order valence-corrected chi connectivity index (χ4v) is 5.75. The van der Waals surface area contributed by atoms with Gasteiger partial charge in [0, 0.05) is 31.3 Å². The van der Waals surface area contributed by atoms with Gasteiger partial charge in [-0.3, -0.25) is 24.0 Å². The van der Waals surface area contributed by atoms with Gasteiger partial charge in [-0.2, -0.15) is 0 Å². The van der Waals surface area contributed by atoms with Gasteiger partial charge in [0.15, 0.2) is 11.5 Å². The summed E-state index contributed by atoms with van der Waals surface area (Å²) in [6.45, 7) is 3.76. The van der Waals surface area contributed by atoms with E-state index in [2.05, 4.69) is 20.9 Å². The Hall–Kier alpha value is -5.92. The average Bonchev–Trinajstić information content (AvgIpc) is 3.12. The van der Waals surface area contributed by atoms with E-state index in [0.717, 1.165) is 0 Å². The maximum absolute atomic E-state index is 13.8. The van der Waals surface area contributed by atoms with Crippen LogP contribution >= 0.6 is 0 Å². The first kappa shape index (κ1) is 36.4. The minimum absolute atomic E-state index is 0.0104. The predicted molar refractivity (Wildman–Crippen MR) is 189 cm³/mol. The third kappa shape index (κ3) is 8.46. The number of rotatable bonds is 4. The van der Waals surface area contributed by atoms with Crippen molar-refractivity contribution in [2.75, 3.05) is 33.9 Å². The Bertz CT molecular complexity index is 2010. The molecule has 5 rings (SSSR count). The summed E-state index contributed by atoms with van der Waals surface area (Å²) in [5.74, 6) is -0.559. The Morgan fingerprint density at radius 1 is 0.941 bits per heavy atom. The van der Waals surface area contributed by atoms with Gasteiger partial charge in [-0.05, 0) is 67.3 Å². The molecule has 14 nitrogen and oxygen atoms in total. The maximum atomic E-state index is 13.8. The van der Waals surface area contributed by atoms with Crippen molar-refractivity contribution >= 4 is 34.5 Å². The van der Waals surface area contributed by atoms with Crippen molar-refractivity contribution in [3.63, 3.8) is 0 Å². The summed E-state index contributed by atoms with van der Waals surface area (Å²) < 4.78 is 18.7. The molecule has 14 heteroatoms. The number of fused-ring (bicyclic) bond motifs is 4. The Balaban J connectivity index is 1.46. The van der Waals surface area contributed by atoms with Crippen LogP contribution in [0.1, 0.15) is 53.0 Å². The molecule has 4 amide bonds. The highest BCUT2D eigenvalue weighted by atomic mass is 16.5. The topological polar surface area (TPSA) is 170 Å². The summed E-state index contributed by atoms with van der Waals surface area (Å²) in [5, 5.41) is 8.96. The van der Waals surface area contributed by atoms with Crippen LogP contribution in [0.4, 0.5) is 0 Å². The number of hydrogen-bond donors (Lipinski definition) is 3. The molecule has 0 spiro atoms. The molecule has 2 bridgehead atoms. The highest BCUT2D eigenvalue weighted by Crippen LogP contribution is 2.37. The number of ether oxygens (including phenoxy) is 3. The van der Waals surface area contributed by atoms with Crippen LogP contribution in [0, 0.1) is 5.92 Å². The number of benzene rings is 3. The standard InChI is InChI=1S/C37H42N6O8/c1-22(2)33-35(46)39-19-26-28(49-4)9-8-10-29(26)51-31-18-23(12-14-30(31)50-5)34(45)38-15-6-7-16-43(20-32(44)41-33)36(47)24-11-13-25-27(17-24)40-21-42(3)37(25)48/h8-14,17-18,21-22,33H,6-7,15-16,19-20H2,1-5H3,(H,38,45)(H,39,46)(H,41,44)/t33-/m1/s1. The number of methoxy groups -OCH3 is 2. The van der Waals surface area contributed by atoms with Crippen LogP contribution in [0.25, 0.3) is 10.9 Å². The van der Waals surface area contributed by atoms with Crippen LogP contribution in [-0.2, 0) is 23.2 Å². The molecule has 268 valence electrons. The van der Waals surface area contributed by atoms with Crippen molar-refractivity contribution in [3.8, 4) is 23.0 Å². The number of hydrogen-bond acceptors (Lipinski definition) is 9. The molecule has 4 aromatic rings. The predicted octanol–water partition coefficient (Wildman–Crippen LogP) is 3.17.